The molecule has 1 aliphatic rings. The summed E-state index contributed by atoms with van der Waals surface area (Å²) < 4.78 is 0. The molecule has 110 valence electrons. The molecule has 20 heavy (non-hydrogen) atoms. The zero-order chi connectivity index (χ0) is 14.5. The lowest BCUT2D eigenvalue weighted by Crippen LogP contribution is -2.43. The Hall–Kier alpha value is -1.75. The molecule has 2 N–H and O–H groups in total. The van der Waals surface area contributed by atoms with Gasteiger partial charge in [-0.15, -0.1) is 0 Å². The van der Waals surface area contributed by atoms with Gasteiger partial charge >= 0.3 is 6.03 Å². The van der Waals surface area contributed by atoms with E-state index in [9.17, 15) is 9.90 Å². The first kappa shape index (κ1) is 14.7. The van der Waals surface area contributed by atoms with Crippen molar-refractivity contribution in [1.29, 1.82) is 0 Å². The van der Waals surface area contributed by atoms with E-state index in [4.69, 9.17) is 0 Å². The van der Waals surface area contributed by atoms with Gasteiger partial charge in [0.25, 0.3) is 0 Å². The van der Waals surface area contributed by atoms with E-state index in [2.05, 4.69) is 10.2 Å². The second-order valence-corrected chi connectivity index (χ2v) is 5.62. The van der Waals surface area contributed by atoms with Gasteiger partial charge < -0.3 is 20.2 Å². The molecule has 0 radical (unpaired) electrons. The average molecular weight is 277 g/mol. The van der Waals surface area contributed by atoms with Crippen LogP contribution in [0.15, 0.2) is 24.3 Å². The van der Waals surface area contributed by atoms with E-state index >= 15 is 0 Å². The molecule has 0 spiro atoms. The first-order valence-electron chi connectivity index (χ1n) is 7.02. The number of carbonyl (C=O) groups excluding carboxylic acids is 1. The molecule has 2 rings (SSSR count). The van der Waals surface area contributed by atoms with Crippen LogP contribution in [0.3, 0.4) is 0 Å². The van der Waals surface area contributed by atoms with Gasteiger partial charge in [-0.25, -0.2) is 4.79 Å². The summed E-state index contributed by atoms with van der Waals surface area (Å²) in [6.07, 6.45) is 2.17. The number of nitrogens with zero attached hydrogens (tertiary/aromatic N) is 2. The normalized spacial score (nSPS) is 14.3. The zero-order valence-electron chi connectivity index (χ0n) is 12.2. The summed E-state index contributed by atoms with van der Waals surface area (Å²) in [5.74, 6) is 0.234. The van der Waals surface area contributed by atoms with Gasteiger partial charge in [-0.3, -0.25) is 0 Å². The Labute approximate surface area is 120 Å². The number of carbonyl (C=O) groups is 1. The summed E-state index contributed by atoms with van der Waals surface area (Å²) in [5, 5.41) is 12.5. The molecule has 1 saturated carbocycles. The fourth-order valence-electron chi connectivity index (χ4n) is 1.94. The average Bonchev–Trinajstić information content (AvgIpc) is 3.18. The SMILES string of the molecule is CN(C)CCN(Cc1cccc(O)c1)C(=O)NC1CC1. The Bertz CT molecular complexity index is 458. The van der Waals surface area contributed by atoms with Crippen molar-refractivity contribution in [3.05, 3.63) is 29.8 Å². The number of hydrogen-bond donors (Lipinski definition) is 2. The van der Waals surface area contributed by atoms with E-state index < -0.39 is 0 Å². The summed E-state index contributed by atoms with van der Waals surface area (Å²) in [7, 11) is 3.98. The number of hydrogen-bond acceptors (Lipinski definition) is 3. The molecule has 0 bridgehead atoms. The standard InChI is InChI=1S/C15H23N3O2/c1-17(2)8-9-18(15(20)16-13-6-7-13)11-12-4-3-5-14(19)10-12/h3-5,10,13,19H,6-9,11H2,1-2H3,(H,16,20). The van der Waals surface area contributed by atoms with Crippen LogP contribution in [0, 0.1) is 0 Å². The second kappa shape index (κ2) is 6.61. The van der Waals surface area contributed by atoms with Gasteiger partial charge in [0.05, 0.1) is 0 Å². The third kappa shape index (κ3) is 4.74. The summed E-state index contributed by atoms with van der Waals surface area (Å²) in [5.41, 5.74) is 0.940. The van der Waals surface area contributed by atoms with Crippen LogP contribution in [-0.2, 0) is 6.54 Å². The van der Waals surface area contributed by atoms with Crippen molar-refractivity contribution >= 4 is 6.03 Å². The van der Waals surface area contributed by atoms with E-state index in [0.29, 0.717) is 19.1 Å². The van der Waals surface area contributed by atoms with Crippen molar-refractivity contribution in [2.45, 2.75) is 25.4 Å². The third-order valence-electron chi connectivity index (χ3n) is 3.29. The van der Waals surface area contributed by atoms with Gasteiger partial charge in [0.1, 0.15) is 5.75 Å². The number of benzene rings is 1. The molecule has 1 aliphatic carbocycles. The molecule has 0 heterocycles. The van der Waals surface area contributed by atoms with E-state index in [0.717, 1.165) is 24.9 Å². The highest BCUT2D eigenvalue weighted by Gasteiger charge is 2.25. The maximum Gasteiger partial charge on any atom is 0.317 e. The molecule has 1 aromatic carbocycles. The van der Waals surface area contributed by atoms with Crippen LogP contribution < -0.4 is 5.32 Å². The maximum absolute atomic E-state index is 12.2. The molecule has 0 aromatic heterocycles. The van der Waals surface area contributed by atoms with E-state index in [-0.39, 0.29) is 11.8 Å². The topological polar surface area (TPSA) is 55.8 Å². The van der Waals surface area contributed by atoms with Crippen molar-refractivity contribution in [3.63, 3.8) is 0 Å². The minimum absolute atomic E-state index is 0.0160. The van der Waals surface area contributed by atoms with E-state index in [1.54, 1.807) is 23.1 Å². The first-order valence-corrected chi connectivity index (χ1v) is 7.02. The van der Waals surface area contributed by atoms with E-state index in [1.807, 2.05) is 20.2 Å². The summed E-state index contributed by atoms with van der Waals surface area (Å²) in [6.45, 7) is 2.00. The quantitative estimate of drug-likeness (QED) is 0.831. The predicted molar refractivity (Wildman–Crippen MR) is 78.6 cm³/mol. The fraction of sp³-hybridized carbons (Fsp3) is 0.533. The number of rotatable bonds is 6. The number of urea groups is 1. The molecule has 0 saturated heterocycles. The van der Waals surface area contributed by atoms with Crippen LogP contribution in [0.25, 0.3) is 0 Å². The van der Waals surface area contributed by atoms with Crippen molar-refractivity contribution in [3.8, 4) is 5.75 Å². The zero-order valence-corrected chi connectivity index (χ0v) is 12.2. The second-order valence-electron chi connectivity index (χ2n) is 5.62. The molecule has 5 nitrogen and oxygen atoms in total. The van der Waals surface area contributed by atoms with Crippen molar-refractivity contribution in [1.82, 2.24) is 15.1 Å². The number of nitrogens with one attached hydrogen (secondary N) is 1. The Balaban J connectivity index is 1.98. The first-order chi connectivity index (χ1) is 9.54. The Kier molecular flexibility index (Phi) is 4.84. The molecule has 0 aliphatic heterocycles. The third-order valence-corrected chi connectivity index (χ3v) is 3.29. The molecule has 0 atom stereocenters. The lowest BCUT2D eigenvalue weighted by molar-refractivity contribution is 0.188. The largest absolute Gasteiger partial charge is 0.508 e. The maximum atomic E-state index is 12.2. The monoisotopic (exact) mass is 277 g/mol. The molecule has 2 amide bonds. The molecular formula is C15H23N3O2. The lowest BCUT2D eigenvalue weighted by Gasteiger charge is -2.25. The summed E-state index contributed by atoms with van der Waals surface area (Å²) >= 11 is 0. The van der Waals surface area contributed by atoms with Gasteiger partial charge in [-0.1, -0.05) is 12.1 Å². The summed E-state index contributed by atoms with van der Waals surface area (Å²) in [4.78, 5) is 16.1. The van der Waals surface area contributed by atoms with Crippen molar-refractivity contribution < 1.29 is 9.90 Å². The van der Waals surface area contributed by atoms with Crippen molar-refractivity contribution in [2.24, 2.45) is 0 Å². The van der Waals surface area contributed by atoms with Crippen LogP contribution in [-0.4, -0.2) is 54.2 Å². The smallest absolute Gasteiger partial charge is 0.317 e. The highest BCUT2D eigenvalue weighted by molar-refractivity contribution is 5.74. The van der Waals surface area contributed by atoms with Crippen LogP contribution >= 0.6 is 0 Å². The van der Waals surface area contributed by atoms with Gasteiger partial charge in [-0.05, 0) is 44.6 Å². The molecule has 0 unspecified atom stereocenters. The Morgan fingerprint density at radius 3 is 2.70 bits per heavy atom. The summed E-state index contributed by atoms with van der Waals surface area (Å²) in [6, 6.07) is 7.40. The Morgan fingerprint density at radius 2 is 2.10 bits per heavy atom. The van der Waals surface area contributed by atoms with Gasteiger partial charge in [0.15, 0.2) is 0 Å². The number of phenolic OH excluding ortho intramolecular Hbond substituents is 1. The highest BCUT2D eigenvalue weighted by atomic mass is 16.3. The highest BCUT2D eigenvalue weighted by Crippen LogP contribution is 2.19. The minimum atomic E-state index is -0.0160. The van der Waals surface area contributed by atoms with Gasteiger partial charge in [0.2, 0.25) is 0 Å². The minimum Gasteiger partial charge on any atom is -0.508 e. The number of aromatic hydroxyl groups is 1. The fourth-order valence-corrected chi connectivity index (χ4v) is 1.94. The predicted octanol–water partition coefficient (Wildman–Crippen LogP) is 1.63. The lowest BCUT2D eigenvalue weighted by atomic mass is 10.2. The van der Waals surface area contributed by atoms with Crippen LogP contribution in [0.2, 0.25) is 0 Å². The van der Waals surface area contributed by atoms with Crippen LogP contribution in [0.1, 0.15) is 18.4 Å². The van der Waals surface area contributed by atoms with Gasteiger partial charge in [0, 0.05) is 25.7 Å². The van der Waals surface area contributed by atoms with Crippen molar-refractivity contribution in [2.75, 3.05) is 27.2 Å². The molecule has 5 heteroatoms. The number of phenols is 1. The van der Waals surface area contributed by atoms with E-state index in [1.165, 1.54) is 0 Å². The molecule has 1 fully saturated rings. The number of amides is 2. The molecule has 1 aromatic rings. The molecular weight excluding hydrogens is 254 g/mol. The Morgan fingerprint density at radius 1 is 1.35 bits per heavy atom. The van der Waals surface area contributed by atoms with Crippen LogP contribution in [0.5, 0.6) is 5.75 Å². The van der Waals surface area contributed by atoms with Gasteiger partial charge in [-0.2, -0.15) is 0 Å². The number of likely N-dealkylation sites (N-methyl/N-ethyl adjacent to an activating group) is 1. The van der Waals surface area contributed by atoms with Crippen LogP contribution in [0.4, 0.5) is 4.79 Å².